The Labute approximate surface area is 67.8 Å². The van der Waals surface area contributed by atoms with Gasteiger partial charge in [0.15, 0.2) is 0 Å². The highest BCUT2D eigenvalue weighted by Crippen LogP contribution is 2.03. The third-order valence-corrected chi connectivity index (χ3v) is 2.03. The monoisotopic (exact) mass is 155 g/mol. The van der Waals surface area contributed by atoms with Crippen molar-refractivity contribution in [1.82, 2.24) is 10.2 Å². The summed E-state index contributed by atoms with van der Waals surface area (Å²) in [6.45, 7) is 6.53. The molecule has 0 spiro atoms. The standard InChI is InChI=1S/C8H15N2O/c1-3-8(11)10-5-4-9-6-7(10)2/h3,7,9H,4-6H2,1-2H3. The molecule has 1 atom stereocenters. The van der Waals surface area contributed by atoms with Crippen molar-refractivity contribution in [1.29, 1.82) is 0 Å². The van der Waals surface area contributed by atoms with E-state index in [1.54, 1.807) is 13.3 Å². The lowest BCUT2D eigenvalue weighted by Gasteiger charge is -2.33. The smallest absolute Gasteiger partial charge is 0.226 e. The molecular weight excluding hydrogens is 140 g/mol. The highest BCUT2D eigenvalue weighted by atomic mass is 16.2. The molecule has 1 aliphatic rings. The topological polar surface area (TPSA) is 32.3 Å². The summed E-state index contributed by atoms with van der Waals surface area (Å²) in [5.41, 5.74) is 0. The van der Waals surface area contributed by atoms with Gasteiger partial charge in [0.05, 0.1) is 0 Å². The van der Waals surface area contributed by atoms with Gasteiger partial charge in [-0.15, -0.1) is 0 Å². The third kappa shape index (κ3) is 1.93. The molecule has 63 valence electrons. The van der Waals surface area contributed by atoms with Crippen LogP contribution in [0.25, 0.3) is 0 Å². The van der Waals surface area contributed by atoms with Crippen molar-refractivity contribution in [2.45, 2.75) is 19.9 Å². The molecule has 0 aromatic rings. The zero-order valence-electron chi connectivity index (χ0n) is 7.13. The van der Waals surface area contributed by atoms with Crippen LogP contribution in [0.1, 0.15) is 13.8 Å². The predicted molar refractivity (Wildman–Crippen MR) is 44.0 cm³/mol. The summed E-state index contributed by atoms with van der Waals surface area (Å²) in [5.74, 6) is 0.152. The van der Waals surface area contributed by atoms with Crippen LogP contribution in [0.4, 0.5) is 0 Å². The molecule has 1 radical (unpaired) electrons. The van der Waals surface area contributed by atoms with E-state index in [9.17, 15) is 4.79 Å². The lowest BCUT2D eigenvalue weighted by Crippen LogP contribution is -2.52. The van der Waals surface area contributed by atoms with Crippen LogP contribution in [0.2, 0.25) is 0 Å². The maximum Gasteiger partial charge on any atom is 0.226 e. The molecule has 3 heteroatoms. The molecular formula is C8H15N2O. The first-order valence-corrected chi connectivity index (χ1v) is 4.06. The molecule has 1 rings (SSSR count). The largest absolute Gasteiger partial charge is 0.337 e. The molecule has 0 aliphatic carbocycles. The maximum absolute atomic E-state index is 11.2. The molecule has 0 aromatic heterocycles. The zero-order valence-corrected chi connectivity index (χ0v) is 7.13. The van der Waals surface area contributed by atoms with Crippen LogP contribution in [0.5, 0.6) is 0 Å². The lowest BCUT2D eigenvalue weighted by atomic mass is 10.2. The van der Waals surface area contributed by atoms with E-state index in [1.807, 2.05) is 4.90 Å². The van der Waals surface area contributed by atoms with Gasteiger partial charge in [-0.25, -0.2) is 0 Å². The van der Waals surface area contributed by atoms with E-state index >= 15 is 0 Å². The summed E-state index contributed by atoms with van der Waals surface area (Å²) >= 11 is 0. The van der Waals surface area contributed by atoms with Gasteiger partial charge in [0.2, 0.25) is 5.91 Å². The third-order valence-electron chi connectivity index (χ3n) is 2.03. The first-order valence-electron chi connectivity index (χ1n) is 4.06. The lowest BCUT2D eigenvalue weighted by molar-refractivity contribution is -0.130. The predicted octanol–water partition coefficient (Wildman–Crippen LogP) is 0.0309. The van der Waals surface area contributed by atoms with Crippen molar-refractivity contribution in [3.63, 3.8) is 0 Å². The molecule has 1 fully saturated rings. The fourth-order valence-electron chi connectivity index (χ4n) is 1.33. The van der Waals surface area contributed by atoms with Crippen LogP contribution in [0, 0.1) is 6.42 Å². The molecule has 0 bridgehead atoms. The minimum atomic E-state index is 0.152. The van der Waals surface area contributed by atoms with Gasteiger partial charge < -0.3 is 10.2 Å². The van der Waals surface area contributed by atoms with Gasteiger partial charge in [0.25, 0.3) is 0 Å². The van der Waals surface area contributed by atoms with E-state index in [4.69, 9.17) is 0 Å². The Morgan fingerprint density at radius 1 is 1.73 bits per heavy atom. The van der Waals surface area contributed by atoms with E-state index in [0.29, 0.717) is 6.04 Å². The highest BCUT2D eigenvalue weighted by Gasteiger charge is 2.20. The summed E-state index contributed by atoms with van der Waals surface area (Å²) in [6.07, 6.45) is 1.63. The Bertz CT molecular complexity index is 147. The number of hydrogen-bond acceptors (Lipinski definition) is 2. The van der Waals surface area contributed by atoms with Gasteiger partial charge in [0, 0.05) is 32.1 Å². The number of nitrogens with one attached hydrogen (secondary N) is 1. The Balaban J connectivity index is 2.47. The Morgan fingerprint density at radius 2 is 2.45 bits per heavy atom. The van der Waals surface area contributed by atoms with Crippen molar-refractivity contribution < 1.29 is 4.79 Å². The molecule has 0 aromatic carbocycles. The summed E-state index contributed by atoms with van der Waals surface area (Å²) in [6, 6.07) is 0.340. The maximum atomic E-state index is 11.2. The van der Waals surface area contributed by atoms with Crippen molar-refractivity contribution in [2.75, 3.05) is 19.6 Å². The van der Waals surface area contributed by atoms with Crippen molar-refractivity contribution >= 4 is 5.91 Å². The SMILES string of the molecule is C[CH]C(=O)N1CCNCC1C. The number of amides is 1. The number of nitrogens with zero attached hydrogens (tertiary/aromatic N) is 1. The Hall–Kier alpha value is -0.570. The quantitative estimate of drug-likeness (QED) is 0.579. The Kier molecular flexibility index (Phi) is 2.88. The first-order chi connectivity index (χ1) is 5.25. The first kappa shape index (κ1) is 8.53. The van der Waals surface area contributed by atoms with Gasteiger partial charge in [-0.3, -0.25) is 4.79 Å². The average molecular weight is 155 g/mol. The van der Waals surface area contributed by atoms with Gasteiger partial charge in [0.1, 0.15) is 0 Å². The van der Waals surface area contributed by atoms with E-state index in [0.717, 1.165) is 19.6 Å². The second-order valence-corrected chi connectivity index (χ2v) is 2.87. The summed E-state index contributed by atoms with van der Waals surface area (Å²) in [7, 11) is 0. The van der Waals surface area contributed by atoms with Crippen molar-refractivity contribution in [2.24, 2.45) is 0 Å². The van der Waals surface area contributed by atoms with Crippen LogP contribution >= 0.6 is 0 Å². The molecule has 1 amide bonds. The molecule has 1 saturated heterocycles. The average Bonchev–Trinajstić information content (AvgIpc) is 2.04. The number of hydrogen-bond donors (Lipinski definition) is 1. The molecule has 0 saturated carbocycles. The number of carbonyl (C=O) groups excluding carboxylic acids is 1. The molecule has 1 N–H and O–H groups in total. The molecule has 3 nitrogen and oxygen atoms in total. The molecule has 1 aliphatic heterocycles. The summed E-state index contributed by atoms with van der Waals surface area (Å²) < 4.78 is 0. The van der Waals surface area contributed by atoms with Gasteiger partial charge in [-0.05, 0) is 6.92 Å². The fourth-order valence-corrected chi connectivity index (χ4v) is 1.33. The van der Waals surface area contributed by atoms with Crippen LogP contribution in [-0.4, -0.2) is 36.5 Å². The van der Waals surface area contributed by atoms with Crippen LogP contribution in [-0.2, 0) is 4.79 Å². The van der Waals surface area contributed by atoms with E-state index < -0.39 is 0 Å². The second-order valence-electron chi connectivity index (χ2n) is 2.87. The highest BCUT2D eigenvalue weighted by molar-refractivity contribution is 5.84. The Morgan fingerprint density at radius 3 is 3.00 bits per heavy atom. The van der Waals surface area contributed by atoms with Crippen molar-refractivity contribution in [3.05, 3.63) is 6.42 Å². The van der Waals surface area contributed by atoms with Crippen LogP contribution in [0.3, 0.4) is 0 Å². The number of carbonyl (C=O) groups is 1. The normalized spacial score (nSPS) is 25.3. The molecule has 11 heavy (non-hydrogen) atoms. The van der Waals surface area contributed by atoms with E-state index in [2.05, 4.69) is 12.2 Å². The van der Waals surface area contributed by atoms with Gasteiger partial charge in [-0.1, -0.05) is 6.92 Å². The second kappa shape index (κ2) is 3.72. The fraction of sp³-hybridized carbons (Fsp3) is 0.750. The summed E-state index contributed by atoms with van der Waals surface area (Å²) in [4.78, 5) is 13.1. The minimum Gasteiger partial charge on any atom is -0.337 e. The molecule has 1 unspecified atom stereocenters. The van der Waals surface area contributed by atoms with Crippen molar-refractivity contribution in [3.8, 4) is 0 Å². The molecule has 1 heterocycles. The van der Waals surface area contributed by atoms with Gasteiger partial charge in [-0.2, -0.15) is 0 Å². The summed E-state index contributed by atoms with van der Waals surface area (Å²) in [5, 5.41) is 3.24. The number of piperazine rings is 1. The zero-order chi connectivity index (χ0) is 8.27. The van der Waals surface area contributed by atoms with Crippen LogP contribution < -0.4 is 5.32 Å². The number of rotatable bonds is 1. The van der Waals surface area contributed by atoms with E-state index in [1.165, 1.54) is 0 Å². The van der Waals surface area contributed by atoms with Crippen LogP contribution in [0.15, 0.2) is 0 Å². The minimum absolute atomic E-state index is 0.152. The van der Waals surface area contributed by atoms with Gasteiger partial charge >= 0.3 is 0 Å². The van der Waals surface area contributed by atoms with E-state index in [-0.39, 0.29) is 5.91 Å².